The quantitative estimate of drug-likeness (QED) is 0.767. The maximum absolute atomic E-state index is 11.7. The number of benzene rings is 1. The average Bonchev–Trinajstić information content (AvgIpc) is 2.21. The van der Waals surface area contributed by atoms with Crippen LogP contribution in [-0.4, -0.2) is 14.3 Å². The first-order chi connectivity index (χ1) is 7.36. The van der Waals surface area contributed by atoms with Gasteiger partial charge in [-0.2, -0.15) is 0 Å². The Balaban J connectivity index is 3.08. The smallest absolute Gasteiger partial charge is 0.264 e. The highest BCUT2D eigenvalue weighted by atomic mass is 32.2. The van der Waals surface area contributed by atoms with Gasteiger partial charge in [0.2, 0.25) is 5.91 Å². The summed E-state index contributed by atoms with van der Waals surface area (Å²) < 4.78 is 25.3. The third-order valence-corrected chi connectivity index (χ3v) is 3.49. The second-order valence-electron chi connectivity index (χ2n) is 3.40. The number of rotatable bonds is 3. The second-order valence-corrected chi connectivity index (χ2v) is 5.08. The molecule has 6 heteroatoms. The molecule has 0 saturated heterocycles. The van der Waals surface area contributed by atoms with E-state index in [1.165, 1.54) is 18.2 Å². The molecule has 0 saturated carbocycles. The number of hydrogen-bond acceptors (Lipinski definition) is 4. The van der Waals surface area contributed by atoms with Crippen molar-refractivity contribution in [3.63, 3.8) is 0 Å². The Bertz CT molecular complexity index is 509. The summed E-state index contributed by atoms with van der Waals surface area (Å²) in [5.41, 5.74) is 6.75. The van der Waals surface area contributed by atoms with E-state index >= 15 is 0 Å². The average molecular weight is 242 g/mol. The molecule has 0 heterocycles. The van der Waals surface area contributed by atoms with Crippen molar-refractivity contribution in [3.8, 4) is 0 Å². The molecule has 0 aromatic heterocycles. The molecule has 0 aliphatic carbocycles. The van der Waals surface area contributed by atoms with Crippen molar-refractivity contribution in [2.45, 2.75) is 25.2 Å². The monoisotopic (exact) mass is 242 g/mol. The SMILES string of the molecule is CCC(=O)NS(=O)(=O)c1ccc(N)c(C)c1. The van der Waals surface area contributed by atoms with E-state index in [0.717, 1.165) is 0 Å². The van der Waals surface area contributed by atoms with Crippen LogP contribution in [0.25, 0.3) is 0 Å². The molecule has 0 aliphatic rings. The molecule has 0 aliphatic heterocycles. The van der Waals surface area contributed by atoms with Gasteiger partial charge in [0.1, 0.15) is 0 Å². The van der Waals surface area contributed by atoms with Crippen molar-refractivity contribution in [2.75, 3.05) is 5.73 Å². The summed E-state index contributed by atoms with van der Waals surface area (Å²) in [5.74, 6) is -0.533. The van der Waals surface area contributed by atoms with Crippen LogP contribution in [0, 0.1) is 6.92 Å². The molecule has 0 unspecified atom stereocenters. The molecule has 0 spiro atoms. The highest BCUT2D eigenvalue weighted by molar-refractivity contribution is 7.90. The number of hydrogen-bond donors (Lipinski definition) is 2. The van der Waals surface area contributed by atoms with Gasteiger partial charge in [0.25, 0.3) is 10.0 Å². The third kappa shape index (κ3) is 2.73. The van der Waals surface area contributed by atoms with E-state index in [0.29, 0.717) is 11.3 Å². The van der Waals surface area contributed by atoms with Gasteiger partial charge in [-0.25, -0.2) is 13.1 Å². The van der Waals surface area contributed by atoms with Gasteiger partial charge in [0.15, 0.2) is 0 Å². The fourth-order valence-electron chi connectivity index (χ4n) is 1.10. The zero-order valence-electron chi connectivity index (χ0n) is 9.15. The molecule has 1 aromatic rings. The summed E-state index contributed by atoms with van der Waals surface area (Å²) in [6.45, 7) is 3.29. The lowest BCUT2D eigenvalue weighted by atomic mass is 10.2. The van der Waals surface area contributed by atoms with Crippen LogP contribution in [0.5, 0.6) is 0 Å². The van der Waals surface area contributed by atoms with Crippen LogP contribution in [-0.2, 0) is 14.8 Å². The van der Waals surface area contributed by atoms with Gasteiger partial charge in [0, 0.05) is 12.1 Å². The summed E-state index contributed by atoms with van der Waals surface area (Å²) in [6, 6.07) is 4.30. The minimum Gasteiger partial charge on any atom is -0.399 e. The summed E-state index contributed by atoms with van der Waals surface area (Å²) in [5, 5.41) is 0. The van der Waals surface area contributed by atoms with Crippen molar-refractivity contribution in [1.82, 2.24) is 4.72 Å². The number of sulfonamides is 1. The van der Waals surface area contributed by atoms with Crippen molar-refractivity contribution < 1.29 is 13.2 Å². The number of nitrogen functional groups attached to an aromatic ring is 1. The Morgan fingerprint density at radius 1 is 1.44 bits per heavy atom. The lowest BCUT2D eigenvalue weighted by Gasteiger charge is -2.07. The minimum absolute atomic E-state index is 0.0426. The molecule has 88 valence electrons. The minimum atomic E-state index is -3.77. The van der Waals surface area contributed by atoms with Gasteiger partial charge in [-0.1, -0.05) is 6.92 Å². The van der Waals surface area contributed by atoms with Crippen LogP contribution >= 0.6 is 0 Å². The van der Waals surface area contributed by atoms with Gasteiger partial charge < -0.3 is 5.73 Å². The molecule has 0 atom stereocenters. The predicted octanol–water partition coefficient (Wildman–Crippen LogP) is 0.792. The summed E-state index contributed by atoms with van der Waals surface area (Å²) >= 11 is 0. The zero-order valence-corrected chi connectivity index (χ0v) is 9.97. The molecule has 5 nitrogen and oxygen atoms in total. The van der Waals surface area contributed by atoms with Gasteiger partial charge in [-0.3, -0.25) is 4.79 Å². The van der Waals surface area contributed by atoms with E-state index in [9.17, 15) is 13.2 Å². The Morgan fingerprint density at radius 2 is 2.06 bits per heavy atom. The number of aryl methyl sites for hydroxylation is 1. The van der Waals surface area contributed by atoms with Crippen LogP contribution in [0.3, 0.4) is 0 Å². The van der Waals surface area contributed by atoms with Gasteiger partial charge >= 0.3 is 0 Å². The van der Waals surface area contributed by atoms with Crippen LogP contribution in [0.4, 0.5) is 5.69 Å². The first-order valence-electron chi connectivity index (χ1n) is 4.78. The van der Waals surface area contributed by atoms with Crippen molar-refractivity contribution >= 4 is 21.6 Å². The third-order valence-electron chi connectivity index (χ3n) is 2.12. The van der Waals surface area contributed by atoms with E-state index in [1.54, 1.807) is 13.8 Å². The molecule has 0 fully saturated rings. The Labute approximate surface area is 94.7 Å². The molecule has 16 heavy (non-hydrogen) atoms. The number of amides is 1. The van der Waals surface area contributed by atoms with Crippen molar-refractivity contribution in [1.29, 1.82) is 0 Å². The number of carbonyl (C=O) groups is 1. The molecule has 0 radical (unpaired) electrons. The molecule has 1 rings (SSSR count). The fraction of sp³-hybridized carbons (Fsp3) is 0.300. The fourth-order valence-corrected chi connectivity index (χ4v) is 2.24. The summed E-state index contributed by atoms with van der Waals surface area (Å²) in [4.78, 5) is 11.1. The van der Waals surface area contributed by atoms with E-state index in [4.69, 9.17) is 5.73 Å². The van der Waals surface area contributed by atoms with E-state index < -0.39 is 15.9 Å². The normalized spacial score (nSPS) is 11.1. The van der Waals surface area contributed by atoms with E-state index in [-0.39, 0.29) is 11.3 Å². The molecular weight excluding hydrogens is 228 g/mol. The van der Waals surface area contributed by atoms with Gasteiger partial charge in [-0.15, -0.1) is 0 Å². The maximum atomic E-state index is 11.7. The van der Waals surface area contributed by atoms with E-state index in [1.807, 2.05) is 4.72 Å². The topological polar surface area (TPSA) is 89.3 Å². The highest BCUT2D eigenvalue weighted by Gasteiger charge is 2.16. The lowest BCUT2D eigenvalue weighted by molar-refractivity contribution is -0.119. The lowest BCUT2D eigenvalue weighted by Crippen LogP contribution is -2.29. The number of anilines is 1. The van der Waals surface area contributed by atoms with E-state index in [2.05, 4.69) is 0 Å². The van der Waals surface area contributed by atoms with Gasteiger partial charge in [-0.05, 0) is 30.7 Å². The van der Waals surface area contributed by atoms with Crippen LogP contribution < -0.4 is 10.5 Å². The van der Waals surface area contributed by atoms with Crippen LogP contribution in [0.15, 0.2) is 23.1 Å². The summed E-state index contributed by atoms with van der Waals surface area (Å²) in [6.07, 6.45) is 0.118. The van der Waals surface area contributed by atoms with Crippen molar-refractivity contribution in [2.24, 2.45) is 0 Å². The standard InChI is InChI=1S/C10H14N2O3S/c1-3-10(13)12-16(14,15)8-4-5-9(11)7(2)6-8/h4-6H,3,11H2,1-2H3,(H,12,13). The zero-order chi connectivity index (χ0) is 12.3. The first-order valence-corrected chi connectivity index (χ1v) is 6.27. The number of nitrogens with one attached hydrogen (secondary N) is 1. The first kappa shape index (κ1) is 12.5. The molecule has 3 N–H and O–H groups in total. The van der Waals surface area contributed by atoms with Gasteiger partial charge in [0.05, 0.1) is 4.90 Å². The number of nitrogens with two attached hydrogens (primary N) is 1. The van der Waals surface area contributed by atoms with Crippen molar-refractivity contribution in [3.05, 3.63) is 23.8 Å². The Hall–Kier alpha value is -1.56. The second kappa shape index (κ2) is 4.52. The highest BCUT2D eigenvalue weighted by Crippen LogP contribution is 2.16. The predicted molar refractivity (Wildman–Crippen MR) is 61.2 cm³/mol. The molecule has 1 aromatic carbocycles. The maximum Gasteiger partial charge on any atom is 0.264 e. The molecular formula is C10H14N2O3S. The van der Waals surface area contributed by atoms with Crippen LogP contribution in [0.1, 0.15) is 18.9 Å². The molecule has 0 bridgehead atoms. The Morgan fingerprint density at radius 3 is 2.56 bits per heavy atom. The number of carbonyl (C=O) groups excluding carboxylic acids is 1. The largest absolute Gasteiger partial charge is 0.399 e. The Kier molecular flexibility index (Phi) is 3.54. The van der Waals surface area contributed by atoms with Crippen LogP contribution in [0.2, 0.25) is 0 Å². The molecule has 1 amide bonds. The summed E-state index contributed by atoms with van der Waals surface area (Å²) in [7, 11) is -3.77.